The number of carbonyl (C=O) groups is 1. The van der Waals surface area contributed by atoms with E-state index in [0.29, 0.717) is 11.4 Å². The summed E-state index contributed by atoms with van der Waals surface area (Å²) in [6, 6.07) is 3.65. The van der Waals surface area contributed by atoms with Gasteiger partial charge >= 0.3 is 0 Å². The number of nitrogens with one attached hydrogen (secondary N) is 1. The van der Waals surface area contributed by atoms with Crippen molar-refractivity contribution in [1.82, 2.24) is 9.97 Å². The first-order valence-corrected chi connectivity index (χ1v) is 6.81. The van der Waals surface area contributed by atoms with E-state index in [2.05, 4.69) is 31.2 Å². The van der Waals surface area contributed by atoms with E-state index < -0.39 is 5.91 Å². The normalized spacial score (nSPS) is 10.2. The van der Waals surface area contributed by atoms with E-state index in [0.717, 1.165) is 10.0 Å². The number of carbonyl (C=O) groups excluding carboxylic acids is 1. The van der Waals surface area contributed by atoms with Gasteiger partial charge in [-0.05, 0) is 24.6 Å². The van der Waals surface area contributed by atoms with Gasteiger partial charge in [-0.15, -0.1) is 0 Å². The minimum absolute atomic E-state index is 0.141. The maximum absolute atomic E-state index is 12.1. The van der Waals surface area contributed by atoms with Crippen LogP contribution in [0.4, 0.5) is 5.69 Å². The number of rotatable bonds is 3. The molecule has 1 aromatic heterocycles. The van der Waals surface area contributed by atoms with Crippen LogP contribution in [-0.4, -0.2) is 23.0 Å². The van der Waals surface area contributed by atoms with Crippen LogP contribution in [0.1, 0.15) is 16.1 Å². The van der Waals surface area contributed by atoms with Crippen molar-refractivity contribution in [2.24, 2.45) is 0 Å². The minimum Gasteiger partial charge on any atom is -0.495 e. The van der Waals surface area contributed by atoms with E-state index in [1.807, 2.05) is 13.0 Å². The summed E-state index contributed by atoms with van der Waals surface area (Å²) in [6.07, 6.45) is 2.71. The summed E-state index contributed by atoms with van der Waals surface area (Å²) in [5, 5.41) is 2.92. The lowest BCUT2D eigenvalue weighted by molar-refractivity contribution is 0.102. The van der Waals surface area contributed by atoms with Crippen molar-refractivity contribution in [3.8, 4) is 5.75 Å². The number of amides is 1. The Morgan fingerprint density at radius 3 is 2.80 bits per heavy atom. The number of aryl methyl sites for hydroxylation is 1. The van der Waals surface area contributed by atoms with Gasteiger partial charge in [0.2, 0.25) is 0 Å². The van der Waals surface area contributed by atoms with Gasteiger partial charge in [-0.25, -0.2) is 4.98 Å². The summed E-state index contributed by atoms with van der Waals surface area (Å²) in [5.41, 5.74) is 1.59. The van der Waals surface area contributed by atoms with Crippen molar-refractivity contribution in [2.45, 2.75) is 6.92 Å². The highest BCUT2D eigenvalue weighted by Crippen LogP contribution is 2.32. The fourth-order valence-electron chi connectivity index (χ4n) is 1.66. The summed E-state index contributed by atoms with van der Waals surface area (Å²) >= 11 is 9.09. The second-order valence-corrected chi connectivity index (χ2v) is 5.28. The van der Waals surface area contributed by atoms with E-state index >= 15 is 0 Å². The molecule has 1 aromatic carbocycles. The summed E-state index contributed by atoms with van der Waals surface area (Å²) in [7, 11) is 1.54. The van der Waals surface area contributed by atoms with Crippen molar-refractivity contribution in [3.05, 3.63) is 45.4 Å². The lowest BCUT2D eigenvalue weighted by Crippen LogP contribution is -2.15. The molecule has 20 heavy (non-hydrogen) atoms. The van der Waals surface area contributed by atoms with Gasteiger partial charge in [0.25, 0.3) is 5.91 Å². The van der Waals surface area contributed by atoms with Gasteiger partial charge in [-0.1, -0.05) is 27.5 Å². The highest BCUT2D eigenvalue weighted by atomic mass is 79.9. The molecule has 0 unspecified atom stereocenters. The smallest absolute Gasteiger partial charge is 0.276 e. The minimum atomic E-state index is -0.399. The van der Waals surface area contributed by atoms with E-state index in [4.69, 9.17) is 16.3 Å². The second-order valence-electron chi connectivity index (χ2n) is 3.98. The number of ether oxygens (including phenoxy) is 1. The molecule has 0 saturated carbocycles. The molecule has 0 aliphatic rings. The Hall–Kier alpha value is -1.66. The Labute approximate surface area is 129 Å². The third-order valence-corrected chi connectivity index (χ3v) is 3.20. The van der Waals surface area contributed by atoms with Gasteiger partial charge in [0.1, 0.15) is 16.6 Å². The maximum atomic E-state index is 12.1. The van der Waals surface area contributed by atoms with Crippen molar-refractivity contribution in [2.75, 3.05) is 12.4 Å². The number of nitrogens with zero attached hydrogens (tertiary/aromatic N) is 2. The fourth-order valence-corrected chi connectivity index (χ4v) is 2.36. The van der Waals surface area contributed by atoms with Gasteiger partial charge in [0, 0.05) is 4.47 Å². The third-order valence-electron chi connectivity index (χ3n) is 2.56. The highest BCUT2D eigenvalue weighted by Gasteiger charge is 2.14. The first-order valence-electron chi connectivity index (χ1n) is 5.64. The molecule has 0 bridgehead atoms. The zero-order valence-corrected chi connectivity index (χ0v) is 13.1. The SMILES string of the molecule is COc1cc(Br)cc(C)c1NC(=O)c1cncc(Cl)n1. The van der Waals surface area contributed by atoms with Crippen molar-refractivity contribution in [3.63, 3.8) is 0 Å². The van der Waals surface area contributed by atoms with E-state index in [9.17, 15) is 4.79 Å². The predicted octanol–water partition coefficient (Wildman–Crippen LogP) is 3.46. The Bertz CT molecular complexity index is 664. The monoisotopic (exact) mass is 355 g/mol. The Kier molecular flexibility index (Phi) is 4.57. The standard InChI is InChI=1S/C13H11BrClN3O2/c1-7-3-8(14)4-10(20-2)12(7)18-13(19)9-5-16-6-11(15)17-9/h3-6H,1-2H3,(H,18,19). The molecule has 2 rings (SSSR count). The van der Waals surface area contributed by atoms with E-state index in [1.54, 1.807) is 6.07 Å². The number of halogens is 2. The molecule has 1 amide bonds. The zero-order chi connectivity index (χ0) is 14.7. The van der Waals surface area contributed by atoms with E-state index in [1.165, 1.54) is 19.5 Å². The maximum Gasteiger partial charge on any atom is 0.276 e. The van der Waals surface area contributed by atoms with Gasteiger partial charge in [-0.2, -0.15) is 0 Å². The average molecular weight is 357 g/mol. The highest BCUT2D eigenvalue weighted by molar-refractivity contribution is 9.10. The molecule has 0 aliphatic heterocycles. The number of benzene rings is 1. The molecule has 0 spiro atoms. The Balaban J connectivity index is 2.32. The summed E-state index contributed by atoms with van der Waals surface area (Å²) in [4.78, 5) is 19.9. The van der Waals surface area contributed by atoms with Crippen molar-refractivity contribution < 1.29 is 9.53 Å². The molecule has 0 saturated heterocycles. The Morgan fingerprint density at radius 2 is 2.15 bits per heavy atom. The zero-order valence-electron chi connectivity index (χ0n) is 10.8. The van der Waals surface area contributed by atoms with Crippen LogP contribution >= 0.6 is 27.5 Å². The van der Waals surface area contributed by atoms with Gasteiger partial charge in [0.05, 0.1) is 25.2 Å². The van der Waals surface area contributed by atoms with Crippen LogP contribution in [0.25, 0.3) is 0 Å². The van der Waals surface area contributed by atoms with Crippen LogP contribution in [0.2, 0.25) is 5.15 Å². The quantitative estimate of drug-likeness (QED) is 0.914. The molecule has 1 heterocycles. The molecule has 0 atom stereocenters. The van der Waals surface area contributed by atoms with Gasteiger partial charge in [-0.3, -0.25) is 9.78 Å². The number of hydrogen-bond acceptors (Lipinski definition) is 4. The fraction of sp³-hybridized carbons (Fsp3) is 0.154. The molecular formula is C13H11BrClN3O2. The van der Waals surface area contributed by atoms with Crippen LogP contribution < -0.4 is 10.1 Å². The van der Waals surface area contributed by atoms with Crippen LogP contribution in [0.5, 0.6) is 5.75 Å². The van der Waals surface area contributed by atoms with Crippen LogP contribution in [0.15, 0.2) is 29.0 Å². The summed E-state index contributed by atoms with van der Waals surface area (Å²) in [6.45, 7) is 1.87. The molecule has 5 nitrogen and oxygen atoms in total. The first kappa shape index (κ1) is 14.7. The third kappa shape index (κ3) is 3.26. The molecule has 0 aliphatic carbocycles. The van der Waals surface area contributed by atoms with Crippen molar-refractivity contribution >= 4 is 39.1 Å². The number of anilines is 1. The molecule has 2 aromatic rings. The lowest BCUT2D eigenvalue weighted by Gasteiger charge is -2.13. The second kappa shape index (κ2) is 6.19. The molecule has 1 N–H and O–H groups in total. The van der Waals surface area contributed by atoms with Crippen molar-refractivity contribution in [1.29, 1.82) is 0 Å². The summed E-state index contributed by atoms with van der Waals surface area (Å²) < 4.78 is 6.13. The topological polar surface area (TPSA) is 64.1 Å². The van der Waals surface area contributed by atoms with Crippen LogP contribution in [-0.2, 0) is 0 Å². The number of hydrogen-bond donors (Lipinski definition) is 1. The number of aromatic nitrogens is 2. The molecular weight excluding hydrogens is 346 g/mol. The number of methoxy groups -OCH3 is 1. The van der Waals surface area contributed by atoms with Gasteiger partial charge < -0.3 is 10.1 Å². The van der Waals surface area contributed by atoms with Gasteiger partial charge in [0.15, 0.2) is 0 Å². The molecule has 0 fully saturated rings. The Morgan fingerprint density at radius 1 is 1.40 bits per heavy atom. The molecule has 104 valence electrons. The average Bonchev–Trinajstić information content (AvgIpc) is 2.41. The van der Waals surface area contributed by atoms with E-state index in [-0.39, 0.29) is 10.8 Å². The largest absolute Gasteiger partial charge is 0.495 e. The lowest BCUT2D eigenvalue weighted by atomic mass is 10.2. The molecule has 7 heteroatoms. The molecule has 0 radical (unpaired) electrons. The predicted molar refractivity (Wildman–Crippen MR) is 80.4 cm³/mol. The summed E-state index contributed by atoms with van der Waals surface area (Å²) in [5.74, 6) is 0.156. The van der Waals surface area contributed by atoms with Crippen LogP contribution in [0.3, 0.4) is 0 Å². The first-order chi connectivity index (χ1) is 9.51. The van der Waals surface area contributed by atoms with Crippen LogP contribution in [0, 0.1) is 6.92 Å².